The van der Waals surface area contributed by atoms with Crippen molar-refractivity contribution in [1.82, 2.24) is 0 Å². The van der Waals surface area contributed by atoms with Crippen molar-refractivity contribution in [2.24, 2.45) is 0 Å². The average molecular weight is 346 g/mol. The minimum atomic E-state index is -0.471. The molecule has 1 heterocycles. The Morgan fingerprint density at radius 3 is 2.71 bits per heavy atom. The van der Waals surface area contributed by atoms with Crippen LogP contribution in [-0.4, -0.2) is 10.7 Å². The smallest absolute Gasteiger partial charge is 0.324 e. The third-order valence-corrected chi connectivity index (χ3v) is 4.35. The highest BCUT2D eigenvalue weighted by molar-refractivity contribution is 7.13. The van der Waals surface area contributed by atoms with Gasteiger partial charge in [0.05, 0.1) is 15.5 Å². The molecule has 0 aliphatic carbocycles. The summed E-state index contributed by atoms with van der Waals surface area (Å²) in [5.41, 5.74) is 0.936. The number of halogens is 2. The van der Waals surface area contributed by atoms with Crippen molar-refractivity contribution in [3.8, 4) is 5.75 Å². The number of hydrogen-bond acceptors (Lipinski definition) is 5. The normalized spacial score (nSPS) is 10.4. The van der Waals surface area contributed by atoms with Crippen LogP contribution >= 0.6 is 34.5 Å². The molecule has 2 rings (SSSR count). The highest BCUT2D eigenvalue weighted by Crippen LogP contribution is 2.36. The van der Waals surface area contributed by atoms with Gasteiger partial charge in [-0.25, -0.2) is 0 Å². The number of ether oxygens (including phenoxy) is 1. The van der Waals surface area contributed by atoms with Gasteiger partial charge in [0.25, 0.3) is 0 Å². The van der Waals surface area contributed by atoms with Gasteiger partial charge in [-0.1, -0.05) is 34.5 Å². The molecule has 0 atom stereocenters. The maximum Gasteiger partial charge on any atom is 0.324 e. The zero-order valence-corrected chi connectivity index (χ0v) is 13.1. The first-order valence-corrected chi connectivity index (χ1v) is 7.37. The van der Waals surface area contributed by atoms with Gasteiger partial charge >= 0.3 is 5.00 Å². The SMILES string of the molecule is CC(=O)c1ccc(Cl)c(Cl)c1OCc1csc([N+](=O)[O-])c1. The second kappa shape index (κ2) is 6.43. The van der Waals surface area contributed by atoms with E-state index < -0.39 is 4.92 Å². The van der Waals surface area contributed by atoms with Gasteiger partial charge in [-0.15, -0.1) is 0 Å². The fraction of sp³-hybridized carbons (Fsp3) is 0.154. The lowest BCUT2D eigenvalue weighted by atomic mass is 10.1. The zero-order valence-electron chi connectivity index (χ0n) is 10.8. The van der Waals surface area contributed by atoms with Crippen molar-refractivity contribution in [2.75, 3.05) is 0 Å². The minimum Gasteiger partial charge on any atom is -0.486 e. The van der Waals surface area contributed by atoms with Crippen LogP contribution in [0.15, 0.2) is 23.6 Å². The number of Topliss-reactive ketones (excluding diaryl/α,β-unsaturated/α-hetero) is 1. The first-order valence-electron chi connectivity index (χ1n) is 5.73. The third kappa shape index (κ3) is 3.53. The largest absolute Gasteiger partial charge is 0.486 e. The van der Waals surface area contributed by atoms with E-state index in [1.54, 1.807) is 5.38 Å². The Hall–Kier alpha value is -1.63. The van der Waals surface area contributed by atoms with Crippen molar-refractivity contribution >= 4 is 45.3 Å². The molecule has 8 heteroatoms. The Morgan fingerprint density at radius 2 is 2.14 bits per heavy atom. The molecule has 0 fully saturated rings. The molecule has 0 saturated heterocycles. The van der Waals surface area contributed by atoms with E-state index in [4.69, 9.17) is 27.9 Å². The Bertz CT molecular complexity index is 714. The summed E-state index contributed by atoms with van der Waals surface area (Å²) in [6.07, 6.45) is 0. The summed E-state index contributed by atoms with van der Waals surface area (Å²) < 4.78 is 5.54. The molecule has 2 aromatic rings. The number of carbonyl (C=O) groups is 1. The first kappa shape index (κ1) is 15.8. The van der Waals surface area contributed by atoms with E-state index in [9.17, 15) is 14.9 Å². The van der Waals surface area contributed by atoms with Gasteiger partial charge < -0.3 is 4.74 Å². The zero-order chi connectivity index (χ0) is 15.6. The van der Waals surface area contributed by atoms with E-state index in [0.29, 0.717) is 11.1 Å². The highest BCUT2D eigenvalue weighted by atomic mass is 35.5. The molecule has 0 bridgehead atoms. The second-order valence-corrected chi connectivity index (χ2v) is 5.81. The van der Waals surface area contributed by atoms with Gasteiger partial charge in [0, 0.05) is 17.0 Å². The number of nitro groups is 1. The number of ketones is 1. The Labute approximate surface area is 134 Å². The maximum absolute atomic E-state index is 11.6. The Morgan fingerprint density at radius 1 is 1.43 bits per heavy atom. The predicted molar refractivity (Wildman–Crippen MR) is 81.8 cm³/mol. The molecule has 0 aliphatic heterocycles. The number of nitrogens with zero attached hydrogens (tertiary/aromatic N) is 1. The fourth-order valence-corrected chi connectivity index (χ4v) is 2.72. The van der Waals surface area contributed by atoms with E-state index in [0.717, 1.165) is 11.3 Å². The molecule has 21 heavy (non-hydrogen) atoms. The molecule has 0 saturated carbocycles. The molecule has 110 valence electrons. The van der Waals surface area contributed by atoms with Crippen LogP contribution in [0.3, 0.4) is 0 Å². The molecule has 0 spiro atoms. The Kier molecular flexibility index (Phi) is 4.82. The molecule has 0 amide bonds. The van der Waals surface area contributed by atoms with Crippen LogP contribution < -0.4 is 4.74 Å². The third-order valence-electron chi connectivity index (χ3n) is 2.63. The number of benzene rings is 1. The summed E-state index contributed by atoms with van der Waals surface area (Å²) in [5, 5.41) is 12.7. The molecule has 0 radical (unpaired) electrons. The molecule has 0 aliphatic rings. The predicted octanol–water partition coefficient (Wildman–Crippen LogP) is 4.74. The van der Waals surface area contributed by atoms with Crippen LogP contribution in [0.2, 0.25) is 10.0 Å². The maximum atomic E-state index is 11.6. The highest BCUT2D eigenvalue weighted by Gasteiger charge is 2.17. The van der Waals surface area contributed by atoms with Crippen LogP contribution in [0.25, 0.3) is 0 Å². The summed E-state index contributed by atoms with van der Waals surface area (Å²) in [6, 6.07) is 4.46. The van der Waals surface area contributed by atoms with Crippen LogP contribution in [-0.2, 0) is 6.61 Å². The van der Waals surface area contributed by atoms with Gasteiger partial charge in [-0.05, 0) is 19.1 Å². The van der Waals surface area contributed by atoms with Crippen LogP contribution in [0.4, 0.5) is 5.00 Å². The van der Waals surface area contributed by atoms with Crippen molar-refractivity contribution in [1.29, 1.82) is 0 Å². The molecule has 0 N–H and O–H groups in total. The number of carbonyl (C=O) groups excluding carboxylic acids is 1. The minimum absolute atomic E-state index is 0.0255. The molecule has 1 aromatic heterocycles. The summed E-state index contributed by atoms with van der Waals surface area (Å²) in [4.78, 5) is 21.7. The van der Waals surface area contributed by atoms with Crippen molar-refractivity contribution in [2.45, 2.75) is 13.5 Å². The number of rotatable bonds is 5. The van der Waals surface area contributed by atoms with Crippen LogP contribution in [0.5, 0.6) is 5.75 Å². The van der Waals surface area contributed by atoms with E-state index in [2.05, 4.69) is 0 Å². The van der Waals surface area contributed by atoms with Crippen molar-refractivity contribution in [3.63, 3.8) is 0 Å². The van der Waals surface area contributed by atoms with Gasteiger partial charge in [0.2, 0.25) is 0 Å². The van der Waals surface area contributed by atoms with Gasteiger partial charge in [0.15, 0.2) is 11.5 Å². The van der Waals surface area contributed by atoms with Gasteiger partial charge in [-0.3, -0.25) is 14.9 Å². The lowest BCUT2D eigenvalue weighted by Gasteiger charge is -2.11. The molecule has 5 nitrogen and oxygen atoms in total. The molecular weight excluding hydrogens is 337 g/mol. The standard InChI is InChI=1S/C13H9Cl2NO4S/c1-7(17)9-2-3-10(14)12(15)13(9)20-5-8-4-11(16(18)19)21-6-8/h2-4,6H,5H2,1H3. The monoisotopic (exact) mass is 345 g/mol. The van der Waals surface area contributed by atoms with Gasteiger partial charge in [-0.2, -0.15) is 0 Å². The molecule has 0 unspecified atom stereocenters. The fourth-order valence-electron chi connectivity index (χ4n) is 1.64. The lowest BCUT2D eigenvalue weighted by molar-refractivity contribution is -0.380. The van der Waals surface area contributed by atoms with E-state index in [-0.39, 0.29) is 33.2 Å². The average Bonchev–Trinajstić information content (AvgIpc) is 2.89. The second-order valence-electron chi connectivity index (χ2n) is 4.13. The van der Waals surface area contributed by atoms with Crippen LogP contribution in [0, 0.1) is 10.1 Å². The molecular formula is C13H9Cl2NO4S. The topological polar surface area (TPSA) is 69.4 Å². The van der Waals surface area contributed by atoms with E-state index in [1.807, 2.05) is 0 Å². The van der Waals surface area contributed by atoms with Crippen molar-refractivity contribution in [3.05, 3.63) is 54.9 Å². The van der Waals surface area contributed by atoms with Gasteiger partial charge in [0.1, 0.15) is 11.6 Å². The van der Waals surface area contributed by atoms with Crippen molar-refractivity contribution < 1.29 is 14.5 Å². The van der Waals surface area contributed by atoms with E-state index >= 15 is 0 Å². The first-order chi connectivity index (χ1) is 9.90. The van der Waals surface area contributed by atoms with Crippen LogP contribution in [0.1, 0.15) is 22.8 Å². The molecule has 1 aromatic carbocycles. The number of thiophene rings is 1. The summed E-state index contributed by atoms with van der Waals surface area (Å²) in [6.45, 7) is 1.45. The summed E-state index contributed by atoms with van der Waals surface area (Å²) in [7, 11) is 0. The lowest BCUT2D eigenvalue weighted by Crippen LogP contribution is -2.02. The number of hydrogen-bond donors (Lipinski definition) is 0. The van der Waals surface area contributed by atoms with E-state index in [1.165, 1.54) is 25.1 Å². The summed E-state index contributed by atoms with van der Waals surface area (Å²) >= 11 is 13.0. The quantitative estimate of drug-likeness (QED) is 0.445. The summed E-state index contributed by atoms with van der Waals surface area (Å²) in [5.74, 6) is -0.0228. The Balaban J connectivity index is 2.24.